The molecule has 2 aromatic rings. The third-order valence-electron chi connectivity index (χ3n) is 3.85. The first-order chi connectivity index (χ1) is 9.56. The van der Waals surface area contributed by atoms with Gasteiger partial charge in [-0.25, -0.2) is 9.07 Å². The van der Waals surface area contributed by atoms with E-state index in [1.165, 1.54) is 12.1 Å². The smallest absolute Gasteiger partial charge is 0.123 e. The van der Waals surface area contributed by atoms with E-state index in [4.69, 9.17) is 0 Å². The molecule has 1 aromatic heterocycles. The molecule has 0 fully saturated rings. The number of hydrogen-bond donors (Lipinski definition) is 1. The summed E-state index contributed by atoms with van der Waals surface area (Å²) in [6.07, 6.45) is 4.21. The van der Waals surface area contributed by atoms with Gasteiger partial charge in [-0.1, -0.05) is 12.2 Å². The Morgan fingerprint density at radius 2 is 1.90 bits per heavy atom. The van der Waals surface area contributed by atoms with Crippen LogP contribution in [-0.4, -0.2) is 21.0 Å². The van der Waals surface area contributed by atoms with Gasteiger partial charge in [0.2, 0.25) is 0 Å². The summed E-state index contributed by atoms with van der Waals surface area (Å²) in [5.74, 6) is -0.0449. The highest BCUT2D eigenvalue weighted by Gasteiger charge is 2.24. The average Bonchev–Trinajstić information content (AvgIpc) is 2.95. The number of nitrogens with zero attached hydrogens (tertiary/aromatic N) is 2. The molecular weight excluding hydrogens is 255 g/mol. The molecule has 1 aliphatic rings. The second-order valence-electron chi connectivity index (χ2n) is 5.27. The maximum Gasteiger partial charge on any atom is 0.123 e. The summed E-state index contributed by atoms with van der Waals surface area (Å²) in [6.45, 7) is 3.98. The van der Waals surface area contributed by atoms with Gasteiger partial charge in [-0.3, -0.25) is 0 Å². The number of allylic oxidation sites excluding steroid dienone is 1. The Kier molecular flexibility index (Phi) is 3.18. The topological polar surface area (TPSA) is 38.0 Å². The van der Waals surface area contributed by atoms with E-state index >= 15 is 0 Å². The standard InChI is InChI=1S/C16H17FN2O/c1-10-16(12-3-8-15(20)9-12)11(2)19(18-10)14-6-4-13(17)5-7-14/h3-8,12,15,20H,9H2,1-2H3/t12-,15-/m1/s1. The highest BCUT2D eigenvalue weighted by atomic mass is 19.1. The highest BCUT2D eigenvalue weighted by molar-refractivity contribution is 5.41. The van der Waals surface area contributed by atoms with Crippen molar-refractivity contribution in [2.24, 2.45) is 0 Å². The zero-order valence-electron chi connectivity index (χ0n) is 11.5. The molecule has 0 aliphatic heterocycles. The van der Waals surface area contributed by atoms with E-state index in [2.05, 4.69) is 5.10 Å². The van der Waals surface area contributed by atoms with Gasteiger partial charge in [-0.15, -0.1) is 0 Å². The maximum atomic E-state index is 13.0. The molecule has 0 saturated heterocycles. The fourth-order valence-corrected chi connectivity index (χ4v) is 2.92. The molecule has 0 bridgehead atoms. The fourth-order valence-electron chi connectivity index (χ4n) is 2.92. The van der Waals surface area contributed by atoms with E-state index in [-0.39, 0.29) is 17.8 Å². The van der Waals surface area contributed by atoms with Crippen molar-refractivity contribution in [2.45, 2.75) is 32.3 Å². The van der Waals surface area contributed by atoms with Crippen LogP contribution in [0, 0.1) is 19.7 Å². The Labute approximate surface area is 117 Å². The van der Waals surface area contributed by atoms with Crippen molar-refractivity contribution >= 4 is 0 Å². The molecule has 3 rings (SSSR count). The van der Waals surface area contributed by atoms with Gasteiger partial charge in [0.25, 0.3) is 0 Å². The van der Waals surface area contributed by atoms with Crippen LogP contribution in [0.2, 0.25) is 0 Å². The number of aromatic nitrogens is 2. The molecule has 0 spiro atoms. The van der Waals surface area contributed by atoms with Gasteiger partial charge in [-0.2, -0.15) is 5.10 Å². The van der Waals surface area contributed by atoms with Crippen LogP contribution in [0.25, 0.3) is 5.69 Å². The summed E-state index contributed by atoms with van der Waals surface area (Å²) in [4.78, 5) is 0. The molecule has 0 radical (unpaired) electrons. The van der Waals surface area contributed by atoms with Crippen molar-refractivity contribution in [3.63, 3.8) is 0 Å². The SMILES string of the molecule is Cc1nn(-c2ccc(F)cc2)c(C)c1[C@@H]1C=C[C@@H](O)C1. The lowest BCUT2D eigenvalue weighted by molar-refractivity contribution is 0.218. The van der Waals surface area contributed by atoms with Gasteiger partial charge in [-0.05, 0) is 44.5 Å². The monoisotopic (exact) mass is 272 g/mol. The molecule has 1 heterocycles. The summed E-state index contributed by atoms with van der Waals surface area (Å²) in [5, 5.41) is 14.2. The van der Waals surface area contributed by atoms with Crippen molar-refractivity contribution in [3.8, 4) is 5.69 Å². The Bertz CT molecular complexity index is 658. The van der Waals surface area contributed by atoms with Gasteiger partial charge in [0, 0.05) is 17.2 Å². The molecule has 104 valence electrons. The fraction of sp³-hybridized carbons (Fsp3) is 0.312. The van der Waals surface area contributed by atoms with E-state index in [1.807, 2.05) is 30.7 Å². The zero-order valence-corrected chi connectivity index (χ0v) is 11.5. The van der Waals surface area contributed by atoms with Gasteiger partial charge in [0.05, 0.1) is 17.5 Å². The molecule has 3 nitrogen and oxygen atoms in total. The van der Waals surface area contributed by atoms with Crippen LogP contribution in [0.5, 0.6) is 0 Å². The first kappa shape index (κ1) is 13.1. The molecule has 0 saturated carbocycles. The van der Waals surface area contributed by atoms with Gasteiger partial charge in [0.15, 0.2) is 0 Å². The van der Waals surface area contributed by atoms with Gasteiger partial charge in [0.1, 0.15) is 5.82 Å². The summed E-state index contributed by atoms with van der Waals surface area (Å²) in [6, 6.07) is 6.31. The third-order valence-corrected chi connectivity index (χ3v) is 3.85. The van der Waals surface area contributed by atoms with Crippen molar-refractivity contribution < 1.29 is 9.50 Å². The molecule has 4 heteroatoms. The summed E-state index contributed by atoms with van der Waals surface area (Å²) >= 11 is 0. The van der Waals surface area contributed by atoms with Crippen LogP contribution >= 0.6 is 0 Å². The Hall–Kier alpha value is -1.94. The van der Waals surface area contributed by atoms with E-state index in [9.17, 15) is 9.50 Å². The number of aliphatic hydroxyl groups excluding tert-OH is 1. The van der Waals surface area contributed by atoms with Crippen LogP contribution in [0.1, 0.15) is 29.3 Å². The second-order valence-corrected chi connectivity index (χ2v) is 5.27. The molecule has 2 atom stereocenters. The number of hydrogen-bond acceptors (Lipinski definition) is 2. The molecular formula is C16H17FN2O. The number of halogens is 1. The van der Waals surface area contributed by atoms with Crippen LogP contribution < -0.4 is 0 Å². The number of aryl methyl sites for hydroxylation is 1. The molecule has 1 aliphatic carbocycles. The highest BCUT2D eigenvalue weighted by Crippen LogP contribution is 2.33. The van der Waals surface area contributed by atoms with Crippen molar-refractivity contribution in [2.75, 3.05) is 0 Å². The van der Waals surface area contributed by atoms with Crippen molar-refractivity contribution in [1.82, 2.24) is 9.78 Å². The van der Waals surface area contributed by atoms with Crippen molar-refractivity contribution in [1.29, 1.82) is 0 Å². The molecule has 0 amide bonds. The summed E-state index contributed by atoms with van der Waals surface area (Å²) < 4.78 is 14.8. The summed E-state index contributed by atoms with van der Waals surface area (Å²) in [7, 11) is 0. The van der Waals surface area contributed by atoms with Crippen LogP contribution in [-0.2, 0) is 0 Å². The predicted molar refractivity (Wildman–Crippen MR) is 75.5 cm³/mol. The molecule has 1 aromatic carbocycles. The first-order valence-corrected chi connectivity index (χ1v) is 6.74. The quantitative estimate of drug-likeness (QED) is 0.853. The Morgan fingerprint density at radius 1 is 1.20 bits per heavy atom. The number of benzene rings is 1. The minimum absolute atomic E-state index is 0.208. The minimum atomic E-state index is -0.368. The van der Waals surface area contributed by atoms with E-state index in [1.54, 1.807) is 12.1 Å². The van der Waals surface area contributed by atoms with Gasteiger partial charge >= 0.3 is 0 Å². The molecule has 1 N–H and O–H groups in total. The van der Waals surface area contributed by atoms with Gasteiger partial charge < -0.3 is 5.11 Å². The average molecular weight is 272 g/mol. The minimum Gasteiger partial charge on any atom is -0.389 e. The lowest BCUT2D eigenvalue weighted by Crippen LogP contribution is -2.03. The van der Waals surface area contributed by atoms with Crippen molar-refractivity contribution in [3.05, 3.63) is 59.2 Å². The zero-order chi connectivity index (χ0) is 14.3. The van der Waals surface area contributed by atoms with E-state index < -0.39 is 0 Å². The third kappa shape index (κ3) is 2.16. The van der Waals surface area contributed by atoms with Crippen LogP contribution in [0.3, 0.4) is 0 Å². The molecule has 0 unspecified atom stereocenters. The lowest BCUT2D eigenvalue weighted by Gasteiger charge is -2.10. The number of rotatable bonds is 2. The van der Waals surface area contributed by atoms with E-state index in [0.29, 0.717) is 6.42 Å². The number of aliphatic hydroxyl groups is 1. The summed E-state index contributed by atoms with van der Waals surface area (Å²) in [5.41, 5.74) is 4.00. The van der Waals surface area contributed by atoms with Crippen LogP contribution in [0.4, 0.5) is 4.39 Å². The molecule has 20 heavy (non-hydrogen) atoms. The Morgan fingerprint density at radius 3 is 2.50 bits per heavy atom. The first-order valence-electron chi connectivity index (χ1n) is 6.74. The Balaban J connectivity index is 2.02. The second kappa shape index (κ2) is 4.87. The normalized spacial score (nSPS) is 21.6. The maximum absolute atomic E-state index is 13.0. The van der Waals surface area contributed by atoms with E-state index in [0.717, 1.165) is 22.6 Å². The largest absolute Gasteiger partial charge is 0.389 e. The van der Waals surface area contributed by atoms with Crippen LogP contribution in [0.15, 0.2) is 36.4 Å². The predicted octanol–water partition coefficient (Wildman–Crippen LogP) is 3.03. The lowest BCUT2D eigenvalue weighted by atomic mass is 9.96.